The van der Waals surface area contributed by atoms with E-state index >= 15 is 0 Å². The first-order valence-corrected chi connectivity index (χ1v) is 25.8. The molecule has 0 radical (unpaired) electrons. The molecule has 5 heterocycles. The number of rotatable bonds is 13. The summed E-state index contributed by atoms with van der Waals surface area (Å²) in [5.41, 5.74) is -0.495. The largest absolute Gasteiger partial charge is 0.481 e. The second kappa shape index (κ2) is 20.3. The summed E-state index contributed by atoms with van der Waals surface area (Å²) in [6, 6.07) is 0. The number of ether oxygens (including phenoxy) is 8. The Morgan fingerprint density at radius 2 is 1.41 bits per heavy atom. The maximum atomic E-state index is 13.2. The average Bonchev–Trinajstić information content (AvgIpc) is 3.76. The van der Waals surface area contributed by atoms with Crippen LogP contribution in [0.2, 0.25) is 0 Å². The molecule has 21 heteroatoms. The molecule has 9 rings (SSSR count). The van der Waals surface area contributed by atoms with Crippen LogP contribution in [0.3, 0.4) is 0 Å². The van der Waals surface area contributed by atoms with E-state index < -0.39 is 141 Å². The fourth-order valence-corrected chi connectivity index (χ4v) is 15.1. The summed E-state index contributed by atoms with van der Waals surface area (Å²) in [5, 5.41) is 116. The normalized spacial score (nSPS) is 52.7. The molecule has 1 spiro atoms. The standard InChI is InChI=1S/C50H78O21/c1-21-34-30(71-50(21)13-8-23(20-64-50)29(53)16-47(3,63)17-33(54)55)15-28-26-7-6-24-14-25(9-11-48(24,4)27(26)10-12-49(28,34)5)66-46-43(70-44-39(60)37(58)35(56)22(2)65-44)41(62)42(32(19-52)68-46)69-45-40(61)38(59)36(57)31(18-51)67-45/h6,21-23,25-28,30-32,34-46,51-52,56-63H,7-20H2,1-5H3,(H,54,55)/t21-,22-,23+,25-,26?,27?,28?,30?,31-,32+,34?,35-,36-,37+,38+,39+,40-,41-,42+,43+,44-,45+,46+,47-,48-,49-,50?/m0/s1. The van der Waals surface area contributed by atoms with Crippen LogP contribution in [0.25, 0.3) is 0 Å². The van der Waals surface area contributed by atoms with Gasteiger partial charge in [-0.05, 0) is 99.7 Å². The predicted molar refractivity (Wildman–Crippen MR) is 241 cm³/mol. The van der Waals surface area contributed by atoms with Crippen LogP contribution < -0.4 is 0 Å². The van der Waals surface area contributed by atoms with Gasteiger partial charge in [0.05, 0.1) is 50.2 Å². The van der Waals surface area contributed by atoms with E-state index in [0.717, 1.165) is 32.1 Å². The monoisotopic (exact) mass is 1010 g/mol. The Morgan fingerprint density at radius 1 is 0.746 bits per heavy atom. The van der Waals surface area contributed by atoms with Gasteiger partial charge in [0, 0.05) is 24.7 Å². The first-order valence-electron chi connectivity index (χ1n) is 25.8. The van der Waals surface area contributed by atoms with Crippen LogP contribution >= 0.6 is 0 Å². The highest BCUT2D eigenvalue weighted by Crippen LogP contribution is 2.71. The maximum absolute atomic E-state index is 13.2. The van der Waals surface area contributed by atoms with Gasteiger partial charge >= 0.3 is 5.97 Å². The predicted octanol–water partition coefficient (Wildman–Crippen LogP) is -0.621. The van der Waals surface area contributed by atoms with Crippen LogP contribution in [0.4, 0.5) is 0 Å². The number of aliphatic hydroxyl groups is 10. The molecule has 71 heavy (non-hydrogen) atoms. The van der Waals surface area contributed by atoms with Crippen LogP contribution in [0.15, 0.2) is 11.6 Å². The number of carbonyl (C=O) groups excluding carboxylic acids is 1. The number of fused-ring (bicyclic) bond motifs is 7. The Morgan fingerprint density at radius 3 is 2.07 bits per heavy atom. The van der Waals surface area contributed by atoms with Gasteiger partial charge in [-0.15, -0.1) is 0 Å². The summed E-state index contributed by atoms with van der Waals surface area (Å²) >= 11 is 0. The van der Waals surface area contributed by atoms with Crippen molar-refractivity contribution < 1.29 is 104 Å². The molecule has 4 aliphatic carbocycles. The van der Waals surface area contributed by atoms with E-state index in [1.54, 1.807) is 0 Å². The highest BCUT2D eigenvalue weighted by atomic mass is 16.8. The number of aliphatic carboxylic acids is 1. The molecule has 0 amide bonds. The molecule has 27 atom stereocenters. The van der Waals surface area contributed by atoms with Gasteiger partial charge in [-0.2, -0.15) is 0 Å². The van der Waals surface area contributed by atoms with Crippen LogP contribution in [-0.2, 0) is 47.5 Å². The zero-order chi connectivity index (χ0) is 51.3. The number of ketones is 1. The van der Waals surface area contributed by atoms with Gasteiger partial charge in [0.2, 0.25) is 0 Å². The molecular weight excluding hydrogens is 937 g/mol. The number of carboxylic acids is 1. The summed E-state index contributed by atoms with van der Waals surface area (Å²) in [7, 11) is 0. The minimum Gasteiger partial charge on any atom is -0.481 e. The lowest BCUT2D eigenvalue weighted by Gasteiger charge is -2.59. The number of aliphatic hydroxyl groups excluding tert-OH is 9. The molecule has 8 fully saturated rings. The lowest BCUT2D eigenvalue weighted by Crippen LogP contribution is -2.67. The first kappa shape index (κ1) is 54.0. The van der Waals surface area contributed by atoms with Crippen molar-refractivity contribution >= 4 is 11.8 Å². The van der Waals surface area contributed by atoms with Gasteiger partial charge in [-0.25, -0.2) is 0 Å². The van der Waals surface area contributed by atoms with Gasteiger partial charge < -0.3 is 94.1 Å². The Hall–Kier alpha value is -1.84. The SMILES string of the molecule is C[C@@H]1O[C@@H](O[C@H]2[C@H](O[C@H]3CC[C@@]4(C)C(=CCC5C6CC7OC8(CC[C@@H](C(=O)C[C@](C)(O)CC(=O)O)CO8)[C@@H](C)C7[C@@]6(C)CCC54)C3)O[C@H](CO)[C@@H](O[C@H]3O[C@@H](CO)[C@H](O)[C@@H](O)[C@@H]3O)[C@@H]2O)[C@H](O)[C@H](O)[C@H]1O. The summed E-state index contributed by atoms with van der Waals surface area (Å²) < 4.78 is 49.9. The quantitative estimate of drug-likeness (QED) is 0.102. The topological polar surface area (TPSA) is 331 Å². The van der Waals surface area contributed by atoms with Gasteiger partial charge in [0.15, 0.2) is 24.7 Å². The van der Waals surface area contributed by atoms with Crippen LogP contribution in [0.5, 0.6) is 0 Å². The molecular formula is C50H78O21. The third kappa shape index (κ3) is 9.61. The summed E-state index contributed by atoms with van der Waals surface area (Å²) in [6.45, 7) is 8.56. The van der Waals surface area contributed by atoms with E-state index in [0.29, 0.717) is 43.4 Å². The minimum absolute atomic E-state index is 0.00562. The van der Waals surface area contributed by atoms with Crippen molar-refractivity contribution in [2.75, 3.05) is 19.8 Å². The van der Waals surface area contributed by atoms with Crippen molar-refractivity contribution in [2.24, 2.45) is 46.3 Å². The van der Waals surface area contributed by atoms with E-state index in [4.69, 9.17) is 37.9 Å². The number of hydrogen-bond donors (Lipinski definition) is 11. The van der Waals surface area contributed by atoms with E-state index in [-0.39, 0.29) is 47.6 Å². The fraction of sp³-hybridized carbons (Fsp3) is 0.920. The van der Waals surface area contributed by atoms with Gasteiger partial charge in [-0.1, -0.05) is 32.4 Å². The summed E-state index contributed by atoms with van der Waals surface area (Å²) in [4.78, 5) is 24.4. The highest BCUT2D eigenvalue weighted by molar-refractivity contribution is 5.83. The molecule has 6 unspecified atom stereocenters. The Kier molecular flexibility index (Phi) is 15.4. The highest BCUT2D eigenvalue weighted by Gasteiger charge is 2.69. The lowest BCUT2D eigenvalue weighted by molar-refractivity contribution is -0.389. The van der Waals surface area contributed by atoms with E-state index in [2.05, 4.69) is 26.8 Å². The molecule has 0 aromatic heterocycles. The maximum Gasteiger partial charge on any atom is 0.306 e. The van der Waals surface area contributed by atoms with E-state index in [1.165, 1.54) is 19.4 Å². The second-order valence-corrected chi connectivity index (χ2v) is 23.4. The second-order valence-electron chi connectivity index (χ2n) is 23.4. The summed E-state index contributed by atoms with van der Waals surface area (Å²) in [5.74, 6) is -1.01. The van der Waals surface area contributed by atoms with Crippen molar-refractivity contribution in [1.29, 1.82) is 0 Å². The molecule has 11 N–H and O–H groups in total. The van der Waals surface area contributed by atoms with Crippen molar-refractivity contribution in [3.8, 4) is 0 Å². The van der Waals surface area contributed by atoms with Crippen molar-refractivity contribution in [2.45, 2.75) is 221 Å². The van der Waals surface area contributed by atoms with Crippen LogP contribution in [-0.4, -0.2) is 203 Å². The molecule has 3 saturated carbocycles. The van der Waals surface area contributed by atoms with Crippen molar-refractivity contribution in [3.05, 3.63) is 11.6 Å². The molecule has 5 saturated heterocycles. The molecule has 9 aliphatic rings. The Bertz CT molecular complexity index is 1940. The molecule has 21 nitrogen and oxygen atoms in total. The Labute approximate surface area is 413 Å². The number of carbonyl (C=O) groups is 2. The third-order valence-electron chi connectivity index (χ3n) is 19.0. The van der Waals surface area contributed by atoms with E-state index in [9.17, 15) is 65.8 Å². The molecule has 404 valence electrons. The van der Waals surface area contributed by atoms with Gasteiger partial charge in [0.1, 0.15) is 72.9 Å². The first-order chi connectivity index (χ1) is 33.5. The number of allylic oxidation sites excluding steroid dienone is 1. The van der Waals surface area contributed by atoms with Crippen molar-refractivity contribution in [1.82, 2.24) is 0 Å². The molecule has 0 aromatic rings. The molecule has 5 aliphatic heterocycles. The van der Waals surface area contributed by atoms with E-state index in [1.807, 2.05) is 0 Å². The lowest BCUT2D eigenvalue weighted by atomic mass is 9.47. The third-order valence-corrected chi connectivity index (χ3v) is 19.0. The average molecular weight is 1020 g/mol. The van der Waals surface area contributed by atoms with Gasteiger partial charge in [0.25, 0.3) is 0 Å². The fourth-order valence-electron chi connectivity index (χ4n) is 15.1. The summed E-state index contributed by atoms with van der Waals surface area (Å²) in [6.07, 6.45) is -15.4. The van der Waals surface area contributed by atoms with Crippen LogP contribution in [0, 0.1) is 46.3 Å². The minimum atomic E-state index is -1.85. The molecule has 0 aromatic carbocycles. The Balaban J connectivity index is 0.874. The van der Waals surface area contributed by atoms with Crippen molar-refractivity contribution in [3.63, 3.8) is 0 Å². The van der Waals surface area contributed by atoms with Gasteiger partial charge in [-0.3, -0.25) is 9.59 Å². The number of carboxylic acid groups (broad SMARTS) is 1. The number of Topliss-reactive ketones (excluding diaryl/α,β-unsaturated/α-hetero) is 1. The van der Waals surface area contributed by atoms with Crippen LogP contribution in [0.1, 0.15) is 105 Å². The zero-order valence-electron chi connectivity index (χ0n) is 41.3. The molecule has 0 bridgehead atoms. The number of hydrogen-bond acceptors (Lipinski definition) is 20. The zero-order valence-corrected chi connectivity index (χ0v) is 41.3. The smallest absolute Gasteiger partial charge is 0.306 e.